The molecule has 0 aromatic heterocycles. The van der Waals surface area contributed by atoms with Crippen LogP contribution in [-0.4, -0.2) is 58.0 Å². The Morgan fingerprint density at radius 1 is 0.953 bits per heavy atom. The number of ether oxygens (including phenoxy) is 2. The number of anilines is 1. The summed E-state index contributed by atoms with van der Waals surface area (Å²) in [5.41, 5.74) is 1.07. The van der Waals surface area contributed by atoms with E-state index in [0.717, 1.165) is 35.6 Å². The van der Waals surface area contributed by atoms with E-state index in [1.807, 2.05) is 6.92 Å². The smallest absolute Gasteiger partial charge is 0.264 e. The van der Waals surface area contributed by atoms with Crippen molar-refractivity contribution in [3.63, 3.8) is 0 Å². The van der Waals surface area contributed by atoms with Crippen LogP contribution in [0.3, 0.4) is 0 Å². The lowest BCUT2D eigenvalue weighted by Crippen LogP contribution is -2.53. The third-order valence-corrected chi connectivity index (χ3v) is 9.64. The number of benzene rings is 3. The van der Waals surface area contributed by atoms with Gasteiger partial charge in [0.15, 0.2) is 11.5 Å². The van der Waals surface area contributed by atoms with Crippen molar-refractivity contribution in [2.75, 3.05) is 25.1 Å². The molecule has 4 rings (SSSR count). The van der Waals surface area contributed by atoms with Crippen LogP contribution in [0.2, 0.25) is 5.02 Å². The normalized spacial score (nSPS) is 14.1. The van der Waals surface area contributed by atoms with E-state index in [1.165, 1.54) is 37.3 Å². The fraction of sp³-hybridized carbons (Fsp3) is 0.375. The summed E-state index contributed by atoms with van der Waals surface area (Å²) in [4.78, 5) is 29.1. The van der Waals surface area contributed by atoms with Crippen molar-refractivity contribution in [2.45, 2.75) is 62.6 Å². The number of nitrogens with one attached hydrogen (secondary N) is 1. The van der Waals surface area contributed by atoms with Crippen LogP contribution >= 0.6 is 11.6 Å². The highest BCUT2D eigenvalue weighted by Crippen LogP contribution is 2.32. The second kappa shape index (κ2) is 14.6. The average Bonchev–Trinajstić information content (AvgIpc) is 3.53. The van der Waals surface area contributed by atoms with Crippen LogP contribution in [0.25, 0.3) is 0 Å². The van der Waals surface area contributed by atoms with Gasteiger partial charge in [-0.3, -0.25) is 13.9 Å². The van der Waals surface area contributed by atoms with E-state index in [2.05, 4.69) is 5.32 Å². The highest BCUT2D eigenvalue weighted by atomic mass is 35.5. The molecule has 0 bridgehead atoms. The lowest BCUT2D eigenvalue weighted by atomic mass is 10.1. The first-order valence-electron chi connectivity index (χ1n) is 14.3. The molecule has 1 N–H and O–H groups in total. The van der Waals surface area contributed by atoms with Crippen molar-refractivity contribution in [1.82, 2.24) is 10.2 Å². The minimum absolute atomic E-state index is 0.0697. The van der Waals surface area contributed by atoms with Crippen LogP contribution in [0.5, 0.6) is 11.5 Å². The minimum Gasteiger partial charge on any atom is -0.493 e. The Bertz CT molecular complexity index is 1500. The van der Waals surface area contributed by atoms with E-state index < -0.39 is 28.5 Å². The van der Waals surface area contributed by atoms with Gasteiger partial charge >= 0.3 is 0 Å². The van der Waals surface area contributed by atoms with Gasteiger partial charge in [0.1, 0.15) is 12.6 Å². The zero-order valence-electron chi connectivity index (χ0n) is 24.7. The van der Waals surface area contributed by atoms with E-state index in [9.17, 15) is 18.0 Å². The van der Waals surface area contributed by atoms with Crippen molar-refractivity contribution in [3.8, 4) is 11.5 Å². The SMILES string of the molecule is CC[C@@H](C(=O)NC1CCCC1)N(Cc1ccc(Cl)cc1)C(=O)CN(c1ccccc1)S(=O)(=O)c1ccc(OC)c(OC)c1. The predicted molar refractivity (Wildman–Crippen MR) is 167 cm³/mol. The Morgan fingerprint density at radius 2 is 1.60 bits per heavy atom. The quantitative estimate of drug-likeness (QED) is 0.271. The van der Waals surface area contributed by atoms with Crippen molar-refractivity contribution in [2.24, 2.45) is 0 Å². The molecule has 0 saturated heterocycles. The number of nitrogens with zero attached hydrogens (tertiary/aromatic N) is 2. The summed E-state index contributed by atoms with van der Waals surface area (Å²) in [5, 5.41) is 3.66. The predicted octanol–water partition coefficient (Wildman–Crippen LogP) is 5.42. The molecule has 1 atom stereocenters. The maximum Gasteiger partial charge on any atom is 0.264 e. The third kappa shape index (κ3) is 7.80. The number of amides is 2. The molecule has 1 aliphatic carbocycles. The number of para-hydroxylation sites is 1. The number of sulfonamides is 1. The summed E-state index contributed by atoms with van der Waals surface area (Å²) >= 11 is 6.10. The van der Waals surface area contributed by atoms with Gasteiger partial charge in [-0.05, 0) is 61.2 Å². The molecule has 2 amide bonds. The highest BCUT2D eigenvalue weighted by molar-refractivity contribution is 7.92. The molecule has 3 aromatic carbocycles. The molecule has 3 aromatic rings. The largest absolute Gasteiger partial charge is 0.493 e. The van der Waals surface area contributed by atoms with E-state index in [1.54, 1.807) is 54.6 Å². The van der Waals surface area contributed by atoms with Crippen molar-refractivity contribution < 1.29 is 27.5 Å². The first-order valence-corrected chi connectivity index (χ1v) is 16.1. The number of hydrogen-bond acceptors (Lipinski definition) is 6. The standard InChI is InChI=1S/C32H38ClN3O6S/c1-4-28(32(38)34-25-10-8-9-11-25)35(21-23-14-16-24(33)17-15-23)31(37)22-36(26-12-6-5-7-13-26)43(39,40)27-18-19-29(41-2)30(20-27)42-3/h5-7,12-20,25,28H,4,8-11,21-22H2,1-3H3,(H,34,38)/t28-/m0/s1. The van der Waals surface area contributed by atoms with Crippen molar-refractivity contribution in [3.05, 3.63) is 83.4 Å². The Labute approximate surface area is 258 Å². The number of carbonyl (C=O) groups is 2. The van der Waals surface area contributed by atoms with Crippen LogP contribution in [-0.2, 0) is 26.2 Å². The Morgan fingerprint density at radius 3 is 2.21 bits per heavy atom. The van der Waals surface area contributed by atoms with Gasteiger partial charge in [-0.15, -0.1) is 0 Å². The monoisotopic (exact) mass is 627 g/mol. The molecule has 1 aliphatic rings. The Kier molecular flexibility index (Phi) is 10.9. The zero-order valence-corrected chi connectivity index (χ0v) is 26.2. The average molecular weight is 628 g/mol. The molecule has 0 heterocycles. The van der Waals surface area contributed by atoms with E-state index >= 15 is 0 Å². The van der Waals surface area contributed by atoms with E-state index in [0.29, 0.717) is 22.9 Å². The second-order valence-electron chi connectivity index (χ2n) is 10.4. The molecule has 0 radical (unpaired) electrons. The van der Waals surface area contributed by atoms with Crippen LogP contribution < -0.4 is 19.1 Å². The summed E-state index contributed by atoms with van der Waals surface area (Å²) in [7, 11) is -1.38. The number of halogens is 1. The molecule has 9 nitrogen and oxygen atoms in total. The highest BCUT2D eigenvalue weighted by Gasteiger charge is 2.35. The molecule has 230 valence electrons. The number of carbonyl (C=O) groups excluding carboxylic acids is 2. The van der Waals surface area contributed by atoms with Crippen molar-refractivity contribution >= 4 is 39.1 Å². The number of rotatable bonds is 13. The summed E-state index contributed by atoms with van der Waals surface area (Å²) in [5.74, 6) is -0.152. The van der Waals surface area contributed by atoms with Gasteiger partial charge < -0.3 is 19.7 Å². The van der Waals surface area contributed by atoms with Crippen LogP contribution in [0, 0.1) is 0 Å². The van der Waals surface area contributed by atoms with Crippen LogP contribution in [0.1, 0.15) is 44.6 Å². The van der Waals surface area contributed by atoms with Crippen molar-refractivity contribution in [1.29, 1.82) is 0 Å². The summed E-state index contributed by atoms with van der Waals surface area (Å²) in [6.45, 7) is 1.42. The maximum atomic E-state index is 14.2. The summed E-state index contributed by atoms with van der Waals surface area (Å²) < 4.78 is 39.9. The molecular weight excluding hydrogens is 590 g/mol. The Balaban J connectivity index is 1.71. The summed E-state index contributed by atoms with van der Waals surface area (Å²) in [6, 6.07) is 19.0. The topological polar surface area (TPSA) is 105 Å². The van der Waals surface area contributed by atoms with Gasteiger partial charge in [0.2, 0.25) is 11.8 Å². The first-order chi connectivity index (χ1) is 20.7. The van der Waals surface area contributed by atoms with Gasteiger partial charge in [0, 0.05) is 23.7 Å². The zero-order chi connectivity index (χ0) is 31.0. The maximum absolute atomic E-state index is 14.2. The number of hydrogen-bond donors (Lipinski definition) is 1. The minimum atomic E-state index is -4.26. The molecule has 0 aliphatic heterocycles. The number of methoxy groups -OCH3 is 2. The van der Waals surface area contributed by atoms with Gasteiger partial charge in [0.05, 0.1) is 24.8 Å². The van der Waals surface area contributed by atoms with Gasteiger partial charge in [-0.1, -0.05) is 61.7 Å². The Hall–Kier alpha value is -3.76. The van der Waals surface area contributed by atoms with Gasteiger partial charge in [-0.2, -0.15) is 0 Å². The summed E-state index contributed by atoms with van der Waals surface area (Å²) in [6.07, 6.45) is 4.26. The van der Waals surface area contributed by atoms with E-state index in [-0.39, 0.29) is 29.1 Å². The first kappa shape index (κ1) is 32.2. The van der Waals surface area contributed by atoms with E-state index in [4.69, 9.17) is 21.1 Å². The molecule has 43 heavy (non-hydrogen) atoms. The molecule has 1 fully saturated rings. The molecule has 0 unspecified atom stereocenters. The van der Waals surface area contributed by atoms with Gasteiger partial charge in [0.25, 0.3) is 10.0 Å². The lowest BCUT2D eigenvalue weighted by molar-refractivity contribution is -0.140. The second-order valence-corrected chi connectivity index (χ2v) is 12.7. The van der Waals surface area contributed by atoms with Gasteiger partial charge in [-0.25, -0.2) is 8.42 Å². The molecule has 11 heteroatoms. The fourth-order valence-electron chi connectivity index (χ4n) is 5.30. The van der Waals surface area contributed by atoms with Crippen LogP contribution in [0.15, 0.2) is 77.7 Å². The molecular formula is C32H38ClN3O6S. The van der Waals surface area contributed by atoms with Crippen LogP contribution in [0.4, 0.5) is 5.69 Å². The molecule has 0 spiro atoms. The lowest BCUT2D eigenvalue weighted by Gasteiger charge is -2.33. The fourth-order valence-corrected chi connectivity index (χ4v) is 6.86. The third-order valence-electron chi connectivity index (χ3n) is 7.62. The molecule has 1 saturated carbocycles.